The zero-order chi connectivity index (χ0) is 22.1. The average Bonchev–Trinajstić information content (AvgIpc) is 3.27. The van der Waals surface area contributed by atoms with Gasteiger partial charge in [-0.15, -0.1) is 0 Å². The van der Waals surface area contributed by atoms with Crippen LogP contribution in [0, 0.1) is 5.92 Å². The van der Waals surface area contributed by atoms with Gasteiger partial charge in [0.2, 0.25) is 0 Å². The minimum Gasteiger partial charge on any atom is -0.381 e. The van der Waals surface area contributed by atoms with Crippen molar-refractivity contribution in [3.63, 3.8) is 0 Å². The Morgan fingerprint density at radius 2 is 1.90 bits per heavy atom. The zero-order valence-electron chi connectivity index (χ0n) is 19.2. The van der Waals surface area contributed by atoms with Gasteiger partial charge in [0.1, 0.15) is 0 Å². The Balaban J connectivity index is 0.000000547. The lowest BCUT2D eigenvalue weighted by Gasteiger charge is -2.19. The smallest absolute Gasteiger partial charge is 0.159 e. The van der Waals surface area contributed by atoms with Gasteiger partial charge in [-0.2, -0.15) is 0 Å². The van der Waals surface area contributed by atoms with E-state index < -0.39 is 0 Å². The molecule has 0 atom stereocenters. The third-order valence-corrected chi connectivity index (χ3v) is 5.17. The molecule has 29 heavy (non-hydrogen) atoms. The molecule has 1 aromatic carbocycles. The van der Waals surface area contributed by atoms with E-state index in [2.05, 4.69) is 18.5 Å². The number of allylic oxidation sites excluding steroid dienone is 1. The molecule has 4 heteroatoms. The molecule has 0 amide bonds. The normalized spacial score (nSPS) is 15.2. The molecule has 0 unspecified atom stereocenters. The fourth-order valence-corrected chi connectivity index (χ4v) is 3.39. The van der Waals surface area contributed by atoms with Gasteiger partial charge in [0.15, 0.2) is 5.78 Å². The molecule has 2 aliphatic heterocycles. The van der Waals surface area contributed by atoms with Crippen molar-refractivity contribution in [3.05, 3.63) is 53.6 Å². The second-order valence-corrected chi connectivity index (χ2v) is 7.28. The number of benzene rings is 1. The van der Waals surface area contributed by atoms with Crippen LogP contribution in [0.15, 0.2) is 47.4 Å². The highest BCUT2D eigenvalue weighted by atomic mass is 32.2. The molecule has 2 heterocycles. The van der Waals surface area contributed by atoms with E-state index in [0.717, 1.165) is 47.3 Å². The highest BCUT2D eigenvalue weighted by molar-refractivity contribution is 8.16. The first-order chi connectivity index (χ1) is 14.1. The molecule has 1 fully saturated rings. The lowest BCUT2D eigenvalue weighted by Crippen LogP contribution is -2.14. The molecule has 0 radical (unpaired) electrons. The first kappa shape index (κ1) is 27.4. The van der Waals surface area contributed by atoms with Gasteiger partial charge in [-0.25, -0.2) is 0 Å². The summed E-state index contributed by atoms with van der Waals surface area (Å²) in [4.78, 5) is 15.6. The van der Waals surface area contributed by atoms with E-state index in [4.69, 9.17) is 4.74 Å². The first-order valence-corrected chi connectivity index (χ1v) is 11.7. The predicted molar refractivity (Wildman–Crippen MR) is 131 cm³/mol. The number of nitrogens with zero attached hydrogens (tertiary/aromatic N) is 1. The zero-order valence-corrected chi connectivity index (χ0v) is 20.0. The van der Waals surface area contributed by atoms with E-state index in [1.165, 1.54) is 19.3 Å². The van der Waals surface area contributed by atoms with Gasteiger partial charge in [0.05, 0.1) is 5.04 Å². The lowest BCUT2D eigenvalue weighted by atomic mass is 9.98. The van der Waals surface area contributed by atoms with Crippen LogP contribution < -0.4 is 0 Å². The maximum absolute atomic E-state index is 11.3. The number of ketones is 1. The predicted octanol–water partition coefficient (Wildman–Crippen LogP) is 7.78. The fourth-order valence-electron chi connectivity index (χ4n) is 2.84. The lowest BCUT2D eigenvalue weighted by molar-refractivity contribution is 0.0654. The van der Waals surface area contributed by atoms with Crippen molar-refractivity contribution in [1.29, 1.82) is 0 Å². The van der Waals surface area contributed by atoms with E-state index in [9.17, 15) is 4.79 Å². The van der Waals surface area contributed by atoms with Gasteiger partial charge in [0, 0.05) is 31.4 Å². The van der Waals surface area contributed by atoms with Crippen molar-refractivity contribution in [2.24, 2.45) is 10.9 Å². The van der Waals surface area contributed by atoms with Crippen molar-refractivity contribution in [3.8, 4) is 0 Å². The number of ether oxygens (including phenoxy) is 1. The molecule has 0 saturated carbocycles. The maximum Gasteiger partial charge on any atom is 0.159 e. The number of carbonyl (C=O) groups excluding carboxylic acids is 1. The summed E-state index contributed by atoms with van der Waals surface area (Å²) in [6, 6.07) is 7.67. The van der Waals surface area contributed by atoms with Gasteiger partial charge < -0.3 is 4.74 Å². The van der Waals surface area contributed by atoms with E-state index in [0.29, 0.717) is 0 Å². The van der Waals surface area contributed by atoms with E-state index in [1.807, 2.05) is 58.2 Å². The molecule has 3 rings (SSSR count). The largest absolute Gasteiger partial charge is 0.381 e. The van der Waals surface area contributed by atoms with Crippen LogP contribution >= 0.6 is 11.8 Å². The van der Waals surface area contributed by atoms with Gasteiger partial charge in [-0.05, 0) is 48.3 Å². The van der Waals surface area contributed by atoms with Crippen molar-refractivity contribution in [2.75, 3.05) is 13.2 Å². The standard InChI is InChI=1S/C14H13NOS.C7H14O.2C2H6/c1-3-17-14-8-13(9-15-14)12-6-4-5-11(7-12)10(2)16;1-2-7-3-5-8-6-4-7;2*1-2/h3-7,9H,1,8H2,2H3;7H,2-6H2,1H3;2*1-2H3. The highest BCUT2D eigenvalue weighted by Gasteiger charge is 2.12. The third kappa shape index (κ3) is 10.6. The number of thioether (sulfide) groups is 1. The SMILES string of the molecule is C=CSC1=NC=C(c2cccc(C(C)=O)c2)C1.CC.CC.CCC1CCOCC1. The van der Waals surface area contributed by atoms with Crippen molar-refractivity contribution < 1.29 is 9.53 Å². The minimum atomic E-state index is 0.0899. The molecule has 0 aromatic heterocycles. The monoisotopic (exact) mass is 417 g/mol. The second kappa shape index (κ2) is 17.2. The topological polar surface area (TPSA) is 38.7 Å². The summed E-state index contributed by atoms with van der Waals surface area (Å²) < 4.78 is 5.20. The molecule has 162 valence electrons. The molecule has 0 N–H and O–H groups in total. The van der Waals surface area contributed by atoms with E-state index in [-0.39, 0.29) is 5.78 Å². The molecular formula is C25H39NO2S. The van der Waals surface area contributed by atoms with Crippen LogP contribution in [0.25, 0.3) is 5.57 Å². The molecule has 0 bridgehead atoms. The van der Waals surface area contributed by atoms with Crippen LogP contribution in [-0.2, 0) is 4.74 Å². The summed E-state index contributed by atoms with van der Waals surface area (Å²) in [5.74, 6) is 1.05. The number of hydrogen-bond acceptors (Lipinski definition) is 4. The maximum atomic E-state index is 11.3. The van der Waals surface area contributed by atoms with Crippen molar-refractivity contribution in [1.82, 2.24) is 0 Å². The second-order valence-electron chi connectivity index (χ2n) is 6.24. The Hall–Kier alpha value is -1.65. The Morgan fingerprint density at radius 3 is 2.41 bits per heavy atom. The van der Waals surface area contributed by atoms with Crippen LogP contribution in [0.5, 0.6) is 0 Å². The Labute approximate surface area is 182 Å². The van der Waals surface area contributed by atoms with Crippen LogP contribution in [0.3, 0.4) is 0 Å². The first-order valence-electron chi connectivity index (χ1n) is 10.9. The van der Waals surface area contributed by atoms with Crippen molar-refractivity contribution >= 4 is 28.2 Å². The van der Waals surface area contributed by atoms with Gasteiger partial charge in [-0.1, -0.05) is 77.6 Å². The molecular weight excluding hydrogens is 378 g/mol. The van der Waals surface area contributed by atoms with Gasteiger partial charge in [0.25, 0.3) is 0 Å². The number of Topliss-reactive ketones (excluding diaryl/α,β-unsaturated/α-hetero) is 1. The van der Waals surface area contributed by atoms with Crippen LogP contribution in [0.1, 0.15) is 83.1 Å². The number of aliphatic imine (C=N–C) groups is 1. The van der Waals surface area contributed by atoms with Gasteiger partial charge in [-0.3, -0.25) is 9.79 Å². The summed E-state index contributed by atoms with van der Waals surface area (Å²) in [7, 11) is 0. The molecule has 2 aliphatic rings. The summed E-state index contributed by atoms with van der Waals surface area (Å²) in [5, 5.41) is 2.82. The summed E-state index contributed by atoms with van der Waals surface area (Å²) >= 11 is 1.54. The summed E-state index contributed by atoms with van der Waals surface area (Å²) in [6.45, 7) is 17.5. The summed E-state index contributed by atoms with van der Waals surface area (Å²) in [6.07, 6.45) is 6.60. The van der Waals surface area contributed by atoms with E-state index in [1.54, 1.807) is 24.1 Å². The Morgan fingerprint density at radius 1 is 1.24 bits per heavy atom. The minimum absolute atomic E-state index is 0.0899. The molecule has 0 aliphatic carbocycles. The van der Waals surface area contributed by atoms with Crippen molar-refractivity contribution in [2.45, 2.75) is 67.2 Å². The average molecular weight is 418 g/mol. The number of carbonyl (C=O) groups is 1. The van der Waals surface area contributed by atoms with E-state index >= 15 is 0 Å². The number of hydrogen-bond donors (Lipinski definition) is 0. The van der Waals surface area contributed by atoms with Crippen LogP contribution in [0.4, 0.5) is 0 Å². The third-order valence-electron chi connectivity index (χ3n) is 4.48. The molecule has 1 aromatic rings. The number of rotatable bonds is 4. The molecule has 0 spiro atoms. The Bertz CT molecular complexity index is 659. The summed E-state index contributed by atoms with van der Waals surface area (Å²) in [5.41, 5.74) is 2.96. The quantitative estimate of drug-likeness (QED) is 0.469. The highest BCUT2D eigenvalue weighted by Crippen LogP contribution is 2.28. The Kier molecular flexibility index (Phi) is 16.2. The van der Waals surface area contributed by atoms with Gasteiger partial charge >= 0.3 is 0 Å². The molecule has 1 saturated heterocycles. The molecule has 3 nitrogen and oxygen atoms in total. The fraction of sp³-hybridized carbons (Fsp3) is 0.520. The van der Waals surface area contributed by atoms with Crippen LogP contribution in [0.2, 0.25) is 0 Å². The van der Waals surface area contributed by atoms with Crippen LogP contribution in [-0.4, -0.2) is 24.0 Å².